The molecule has 2 aromatic rings. The average molecular weight is 309 g/mol. The van der Waals surface area contributed by atoms with Crippen LogP contribution in [0.2, 0.25) is 10.0 Å². The van der Waals surface area contributed by atoms with Gasteiger partial charge in [0.15, 0.2) is 0 Å². The van der Waals surface area contributed by atoms with Gasteiger partial charge in [0.1, 0.15) is 6.04 Å². The fourth-order valence-electron chi connectivity index (χ4n) is 2.01. The lowest BCUT2D eigenvalue weighted by Crippen LogP contribution is -2.28. The summed E-state index contributed by atoms with van der Waals surface area (Å²) in [5.41, 5.74) is 7.92. The van der Waals surface area contributed by atoms with E-state index >= 15 is 0 Å². The molecule has 1 atom stereocenters. The minimum absolute atomic E-state index is 0.463. The first kappa shape index (κ1) is 14.7. The second kappa shape index (κ2) is 6.16. The van der Waals surface area contributed by atoms with Crippen LogP contribution in [0.25, 0.3) is 0 Å². The van der Waals surface area contributed by atoms with Crippen molar-refractivity contribution in [3.8, 4) is 0 Å². The Bertz CT molecular complexity index is 644. The molecule has 104 valence electrons. The second-order valence-electron chi connectivity index (χ2n) is 4.49. The van der Waals surface area contributed by atoms with E-state index in [1.807, 2.05) is 13.0 Å². The number of nitrogens with one attached hydrogen (secondary N) is 1. The third-order valence-corrected chi connectivity index (χ3v) is 3.43. The predicted octanol–water partition coefficient (Wildman–Crippen LogP) is 3.94. The van der Waals surface area contributed by atoms with Gasteiger partial charge in [-0.05, 0) is 48.4 Å². The van der Waals surface area contributed by atoms with Crippen molar-refractivity contribution in [2.24, 2.45) is 5.73 Å². The summed E-state index contributed by atoms with van der Waals surface area (Å²) in [5, 5.41) is 4.31. The van der Waals surface area contributed by atoms with Crippen LogP contribution < -0.4 is 11.1 Å². The Morgan fingerprint density at radius 1 is 1.15 bits per heavy atom. The van der Waals surface area contributed by atoms with Crippen LogP contribution in [0.3, 0.4) is 0 Å². The number of halogens is 2. The summed E-state index contributed by atoms with van der Waals surface area (Å²) < 4.78 is 0. The largest absolute Gasteiger partial charge is 0.370 e. The first-order chi connectivity index (χ1) is 9.47. The van der Waals surface area contributed by atoms with Gasteiger partial charge in [-0.3, -0.25) is 4.79 Å². The minimum Gasteiger partial charge on any atom is -0.370 e. The monoisotopic (exact) mass is 308 g/mol. The van der Waals surface area contributed by atoms with Gasteiger partial charge in [-0.1, -0.05) is 35.3 Å². The Hall–Kier alpha value is -1.71. The number of primary amides is 1. The molecule has 0 heterocycles. The van der Waals surface area contributed by atoms with Gasteiger partial charge in [0.2, 0.25) is 5.91 Å². The minimum atomic E-state index is -0.634. The van der Waals surface area contributed by atoms with Crippen molar-refractivity contribution in [3.63, 3.8) is 0 Å². The zero-order valence-electron chi connectivity index (χ0n) is 10.9. The van der Waals surface area contributed by atoms with Gasteiger partial charge in [-0.25, -0.2) is 0 Å². The smallest absolute Gasteiger partial charge is 0.244 e. The highest BCUT2D eigenvalue weighted by molar-refractivity contribution is 6.31. The third kappa shape index (κ3) is 3.44. The Morgan fingerprint density at radius 2 is 1.85 bits per heavy atom. The fourth-order valence-corrected chi connectivity index (χ4v) is 2.43. The van der Waals surface area contributed by atoms with Gasteiger partial charge in [-0.15, -0.1) is 0 Å². The van der Waals surface area contributed by atoms with E-state index in [1.165, 1.54) is 0 Å². The third-order valence-electron chi connectivity index (χ3n) is 2.96. The van der Waals surface area contributed by atoms with Crippen LogP contribution in [0.4, 0.5) is 5.69 Å². The molecule has 20 heavy (non-hydrogen) atoms. The zero-order valence-corrected chi connectivity index (χ0v) is 12.4. The van der Waals surface area contributed by atoms with Crippen molar-refractivity contribution in [2.45, 2.75) is 13.0 Å². The average Bonchev–Trinajstić information content (AvgIpc) is 2.36. The molecule has 0 saturated carbocycles. The number of amides is 1. The first-order valence-corrected chi connectivity index (χ1v) is 6.80. The number of rotatable bonds is 4. The highest BCUT2D eigenvalue weighted by Crippen LogP contribution is 2.26. The molecule has 0 bridgehead atoms. The van der Waals surface area contributed by atoms with Crippen LogP contribution in [0.1, 0.15) is 17.2 Å². The molecule has 0 aliphatic heterocycles. The summed E-state index contributed by atoms with van der Waals surface area (Å²) in [6.07, 6.45) is 0. The molecule has 3 N–H and O–H groups in total. The van der Waals surface area contributed by atoms with Gasteiger partial charge in [0.25, 0.3) is 0 Å². The van der Waals surface area contributed by atoms with E-state index in [2.05, 4.69) is 5.32 Å². The van der Waals surface area contributed by atoms with Gasteiger partial charge in [-0.2, -0.15) is 0 Å². The quantitative estimate of drug-likeness (QED) is 0.899. The van der Waals surface area contributed by atoms with E-state index in [4.69, 9.17) is 28.9 Å². The molecule has 0 aromatic heterocycles. The molecular formula is C15H14Cl2N2O. The van der Waals surface area contributed by atoms with E-state index in [1.54, 1.807) is 36.4 Å². The van der Waals surface area contributed by atoms with E-state index in [0.717, 1.165) is 16.8 Å². The molecule has 2 aromatic carbocycles. The summed E-state index contributed by atoms with van der Waals surface area (Å²) >= 11 is 11.9. The van der Waals surface area contributed by atoms with Crippen molar-refractivity contribution in [1.82, 2.24) is 0 Å². The lowest BCUT2D eigenvalue weighted by molar-refractivity contribution is -0.118. The van der Waals surface area contributed by atoms with Gasteiger partial charge >= 0.3 is 0 Å². The maximum atomic E-state index is 11.7. The van der Waals surface area contributed by atoms with Crippen molar-refractivity contribution in [3.05, 3.63) is 63.6 Å². The molecular weight excluding hydrogens is 295 g/mol. The second-order valence-corrected chi connectivity index (χ2v) is 5.36. The van der Waals surface area contributed by atoms with Crippen LogP contribution in [0.5, 0.6) is 0 Å². The van der Waals surface area contributed by atoms with Crippen molar-refractivity contribution in [2.75, 3.05) is 5.32 Å². The Morgan fingerprint density at radius 3 is 2.45 bits per heavy atom. The SMILES string of the molecule is Cc1cc(Cl)ccc1C(Nc1cccc(Cl)c1)C(N)=O. The van der Waals surface area contributed by atoms with Crippen LogP contribution in [0.15, 0.2) is 42.5 Å². The molecule has 3 nitrogen and oxygen atoms in total. The summed E-state index contributed by atoms with van der Waals surface area (Å²) in [4.78, 5) is 11.7. The number of carbonyl (C=O) groups excluding carboxylic acids is 1. The lowest BCUT2D eigenvalue weighted by atomic mass is 10.0. The maximum Gasteiger partial charge on any atom is 0.244 e. The Kier molecular flexibility index (Phi) is 4.53. The topological polar surface area (TPSA) is 55.1 Å². The molecule has 1 unspecified atom stereocenters. The molecule has 0 aliphatic carbocycles. The number of anilines is 1. The number of benzene rings is 2. The Labute approximate surface area is 127 Å². The number of carbonyl (C=O) groups is 1. The van der Waals surface area contributed by atoms with Gasteiger partial charge < -0.3 is 11.1 Å². The van der Waals surface area contributed by atoms with Crippen LogP contribution >= 0.6 is 23.2 Å². The predicted molar refractivity (Wildman–Crippen MR) is 83.2 cm³/mol. The van der Waals surface area contributed by atoms with Gasteiger partial charge in [0, 0.05) is 15.7 Å². The number of nitrogens with two attached hydrogens (primary N) is 1. The van der Waals surface area contributed by atoms with E-state index in [-0.39, 0.29) is 0 Å². The van der Waals surface area contributed by atoms with Crippen molar-refractivity contribution < 1.29 is 4.79 Å². The zero-order chi connectivity index (χ0) is 14.7. The highest BCUT2D eigenvalue weighted by atomic mass is 35.5. The van der Waals surface area contributed by atoms with E-state index in [0.29, 0.717) is 10.0 Å². The standard InChI is InChI=1S/C15H14Cl2N2O/c1-9-7-11(17)5-6-13(9)14(15(18)20)19-12-4-2-3-10(16)8-12/h2-8,14,19H,1H3,(H2,18,20). The summed E-state index contributed by atoms with van der Waals surface area (Å²) in [7, 11) is 0. The summed E-state index contributed by atoms with van der Waals surface area (Å²) in [6, 6.07) is 11.8. The molecule has 0 fully saturated rings. The van der Waals surface area contributed by atoms with E-state index < -0.39 is 11.9 Å². The van der Waals surface area contributed by atoms with E-state index in [9.17, 15) is 4.79 Å². The molecule has 0 radical (unpaired) electrons. The fraction of sp³-hybridized carbons (Fsp3) is 0.133. The molecule has 0 spiro atoms. The molecule has 0 aliphatic rings. The lowest BCUT2D eigenvalue weighted by Gasteiger charge is -2.19. The summed E-state index contributed by atoms with van der Waals surface area (Å²) in [6.45, 7) is 1.89. The highest BCUT2D eigenvalue weighted by Gasteiger charge is 2.19. The van der Waals surface area contributed by atoms with Crippen LogP contribution in [0, 0.1) is 6.92 Å². The van der Waals surface area contributed by atoms with Crippen LogP contribution in [-0.2, 0) is 4.79 Å². The number of aryl methyl sites for hydroxylation is 1. The van der Waals surface area contributed by atoms with Crippen molar-refractivity contribution in [1.29, 1.82) is 0 Å². The van der Waals surface area contributed by atoms with Crippen molar-refractivity contribution >= 4 is 34.8 Å². The number of hydrogen-bond donors (Lipinski definition) is 2. The summed E-state index contributed by atoms with van der Waals surface area (Å²) in [5.74, 6) is -0.463. The molecule has 1 amide bonds. The number of hydrogen-bond acceptors (Lipinski definition) is 2. The molecule has 5 heteroatoms. The Balaban J connectivity index is 2.34. The first-order valence-electron chi connectivity index (χ1n) is 6.05. The van der Waals surface area contributed by atoms with Gasteiger partial charge in [0.05, 0.1) is 0 Å². The van der Waals surface area contributed by atoms with Crippen LogP contribution in [-0.4, -0.2) is 5.91 Å². The maximum absolute atomic E-state index is 11.7. The molecule has 0 saturated heterocycles. The molecule has 2 rings (SSSR count). The normalized spacial score (nSPS) is 11.9.